The number of non-ortho nitro benzene ring substituents is 1. The third kappa shape index (κ3) is 3.37. The van der Waals surface area contributed by atoms with Gasteiger partial charge in [-0.05, 0) is 12.5 Å². The number of carbonyl (C=O) groups excluding carboxylic acids is 1. The van der Waals surface area contributed by atoms with Gasteiger partial charge in [-0.15, -0.1) is 0 Å². The zero-order valence-corrected chi connectivity index (χ0v) is 14.4. The Hall–Kier alpha value is -3.34. The van der Waals surface area contributed by atoms with Gasteiger partial charge in [-0.1, -0.05) is 18.3 Å². The molecule has 134 valence electrons. The van der Waals surface area contributed by atoms with E-state index in [0.29, 0.717) is 11.4 Å². The summed E-state index contributed by atoms with van der Waals surface area (Å²) in [6, 6.07) is 4.71. The maximum Gasteiger partial charge on any atom is 0.340 e. The van der Waals surface area contributed by atoms with Crippen molar-refractivity contribution in [3.8, 4) is 0 Å². The normalized spacial score (nSPS) is 10.8. The Labute approximate surface area is 150 Å². The number of nitro benzene ring substituents is 1. The van der Waals surface area contributed by atoms with Crippen molar-refractivity contribution in [2.45, 2.75) is 20.0 Å². The molecule has 0 bridgehead atoms. The van der Waals surface area contributed by atoms with Gasteiger partial charge >= 0.3 is 5.97 Å². The Morgan fingerprint density at radius 3 is 2.88 bits per heavy atom. The minimum absolute atomic E-state index is 0.0547. The number of benzene rings is 1. The molecule has 0 amide bonds. The lowest BCUT2D eigenvalue weighted by atomic mass is 10.1. The van der Waals surface area contributed by atoms with Gasteiger partial charge in [0, 0.05) is 23.9 Å². The van der Waals surface area contributed by atoms with Crippen LogP contribution in [0.5, 0.6) is 0 Å². The predicted octanol–water partition coefficient (Wildman–Crippen LogP) is 1.56. The van der Waals surface area contributed by atoms with Crippen LogP contribution in [0.15, 0.2) is 29.1 Å². The molecule has 2 N–H and O–H groups in total. The summed E-state index contributed by atoms with van der Waals surface area (Å²) in [5, 5.41) is 15.7. The molecule has 0 aliphatic heterocycles. The van der Waals surface area contributed by atoms with Crippen LogP contribution >= 0.6 is 11.3 Å². The number of hydrogen-bond donors (Lipinski definition) is 1. The number of hydrogen-bond acceptors (Lipinski definition) is 9. The zero-order valence-electron chi connectivity index (χ0n) is 13.5. The number of nitrogens with zero attached hydrogens (tertiary/aromatic N) is 4. The molecule has 26 heavy (non-hydrogen) atoms. The van der Waals surface area contributed by atoms with Crippen LogP contribution in [0, 0.1) is 10.1 Å². The molecule has 0 saturated carbocycles. The van der Waals surface area contributed by atoms with Crippen LogP contribution in [0.3, 0.4) is 0 Å². The van der Waals surface area contributed by atoms with E-state index in [4.69, 9.17) is 10.5 Å². The fraction of sp³-hybridized carbons (Fsp3) is 0.200. The number of esters is 1. The zero-order chi connectivity index (χ0) is 18.8. The van der Waals surface area contributed by atoms with Crippen molar-refractivity contribution in [1.82, 2.24) is 14.6 Å². The number of nitro groups is 1. The van der Waals surface area contributed by atoms with E-state index in [1.807, 2.05) is 6.92 Å². The fourth-order valence-corrected chi connectivity index (χ4v) is 3.02. The largest absolute Gasteiger partial charge is 0.456 e. The molecular formula is C15H13N5O5S. The van der Waals surface area contributed by atoms with Crippen molar-refractivity contribution >= 4 is 33.6 Å². The summed E-state index contributed by atoms with van der Waals surface area (Å²) in [7, 11) is 0. The number of aromatic nitrogens is 3. The number of anilines is 1. The van der Waals surface area contributed by atoms with Gasteiger partial charge in [-0.3, -0.25) is 14.9 Å². The predicted molar refractivity (Wildman–Crippen MR) is 93.1 cm³/mol. The van der Waals surface area contributed by atoms with E-state index in [-0.39, 0.29) is 34.8 Å². The highest BCUT2D eigenvalue weighted by Crippen LogP contribution is 2.21. The molecule has 11 heteroatoms. The Balaban J connectivity index is 1.81. The van der Waals surface area contributed by atoms with Gasteiger partial charge in [0.2, 0.25) is 4.96 Å². The topological polar surface area (TPSA) is 143 Å². The SMILES string of the molecule is CCc1nn2c(=O)cc(COC(=O)c3cc([N+](=O)[O-])ccc3N)nc2s1. The van der Waals surface area contributed by atoms with E-state index >= 15 is 0 Å². The summed E-state index contributed by atoms with van der Waals surface area (Å²) in [5.41, 5.74) is 5.20. The van der Waals surface area contributed by atoms with E-state index in [0.717, 1.165) is 11.1 Å². The molecular weight excluding hydrogens is 362 g/mol. The number of nitrogen functional groups attached to an aromatic ring is 1. The van der Waals surface area contributed by atoms with Crippen molar-refractivity contribution in [3.63, 3.8) is 0 Å². The molecule has 0 aliphatic rings. The fourth-order valence-electron chi connectivity index (χ4n) is 2.16. The molecule has 3 aromatic rings. The van der Waals surface area contributed by atoms with E-state index in [9.17, 15) is 19.7 Å². The smallest absolute Gasteiger partial charge is 0.340 e. The summed E-state index contributed by atoms with van der Waals surface area (Å²) in [5.74, 6) is -0.841. The maximum atomic E-state index is 12.2. The lowest BCUT2D eigenvalue weighted by molar-refractivity contribution is -0.384. The first kappa shape index (κ1) is 17.5. The summed E-state index contributed by atoms with van der Waals surface area (Å²) in [4.78, 5) is 39.0. The van der Waals surface area contributed by atoms with E-state index in [1.54, 1.807) is 0 Å². The summed E-state index contributed by atoms with van der Waals surface area (Å²) in [6.45, 7) is 1.64. The molecule has 2 heterocycles. The van der Waals surface area contributed by atoms with Gasteiger partial charge in [-0.2, -0.15) is 9.61 Å². The van der Waals surface area contributed by atoms with Crippen LogP contribution in [-0.2, 0) is 17.8 Å². The van der Waals surface area contributed by atoms with Crippen LogP contribution in [0.4, 0.5) is 11.4 Å². The Kier molecular flexibility index (Phi) is 4.63. The average molecular weight is 375 g/mol. The lowest BCUT2D eigenvalue weighted by Crippen LogP contribution is -2.17. The van der Waals surface area contributed by atoms with E-state index < -0.39 is 10.9 Å². The molecule has 10 nitrogen and oxygen atoms in total. The first-order valence-corrected chi connectivity index (χ1v) is 8.30. The van der Waals surface area contributed by atoms with E-state index in [2.05, 4.69) is 10.1 Å². The quantitative estimate of drug-likeness (QED) is 0.306. The van der Waals surface area contributed by atoms with Gasteiger partial charge < -0.3 is 10.5 Å². The second kappa shape index (κ2) is 6.88. The van der Waals surface area contributed by atoms with Crippen LogP contribution in [-0.4, -0.2) is 25.5 Å². The first-order chi connectivity index (χ1) is 12.4. The first-order valence-electron chi connectivity index (χ1n) is 7.48. The number of nitrogens with two attached hydrogens (primary N) is 1. The van der Waals surface area contributed by atoms with Crippen LogP contribution in [0.2, 0.25) is 0 Å². The highest BCUT2D eigenvalue weighted by Gasteiger charge is 2.17. The average Bonchev–Trinajstić information content (AvgIpc) is 3.03. The molecule has 0 atom stereocenters. The maximum absolute atomic E-state index is 12.2. The summed E-state index contributed by atoms with van der Waals surface area (Å²) < 4.78 is 6.29. The summed E-state index contributed by atoms with van der Waals surface area (Å²) in [6.07, 6.45) is 0.670. The van der Waals surface area contributed by atoms with Crippen LogP contribution in [0.25, 0.3) is 4.96 Å². The number of rotatable bonds is 5. The summed E-state index contributed by atoms with van der Waals surface area (Å²) >= 11 is 1.27. The van der Waals surface area contributed by atoms with E-state index in [1.165, 1.54) is 34.1 Å². The third-order valence-corrected chi connectivity index (χ3v) is 4.51. The molecule has 0 saturated heterocycles. The highest BCUT2D eigenvalue weighted by atomic mass is 32.1. The molecule has 0 spiro atoms. The van der Waals surface area contributed by atoms with Crippen LogP contribution in [0.1, 0.15) is 28.0 Å². The van der Waals surface area contributed by atoms with Crippen molar-refractivity contribution < 1.29 is 14.5 Å². The highest BCUT2D eigenvalue weighted by molar-refractivity contribution is 7.16. The minimum atomic E-state index is -0.841. The Morgan fingerprint density at radius 2 is 2.19 bits per heavy atom. The van der Waals surface area contributed by atoms with Crippen LogP contribution < -0.4 is 11.3 Å². The lowest BCUT2D eigenvalue weighted by Gasteiger charge is -2.06. The molecule has 0 unspecified atom stereocenters. The molecule has 0 fully saturated rings. The van der Waals surface area contributed by atoms with Gasteiger partial charge in [0.05, 0.1) is 16.2 Å². The molecule has 2 aromatic heterocycles. The minimum Gasteiger partial charge on any atom is -0.456 e. The van der Waals surface area contributed by atoms with Crippen molar-refractivity contribution in [1.29, 1.82) is 0 Å². The van der Waals surface area contributed by atoms with Crippen molar-refractivity contribution in [2.75, 3.05) is 5.73 Å². The number of ether oxygens (including phenoxy) is 1. The Morgan fingerprint density at radius 1 is 1.42 bits per heavy atom. The third-order valence-electron chi connectivity index (χ3n) is 3.46. The van der Waals surface area contributed by atoms with Gasteiger partial charge in [-0.25, -0.2) is 9.78 Å². The Bertz CT molecular complexity index is 1070. The molecule has 3 rings (SSSR count). The number of carbonyl (C=O) groups is 1. The standard InChI is InChI=1S/C15H13N5O5S/c1-2-12-18-19-13(21)5-8(17-15(19)26-12)7-25-14(22)10-6-9(20(23)24)3-4-11(10)16/h3-6H,2,7,16H2,1H3. The van der Waals surface area contributed by atoms with Gasteiger partial charge in [0.15, 0.2) is 0 Å². The molecule has 0 radical (unpaired) electrons. The second-order valence-electron chi connectivity index (χ2n) is 5.23. The second-order valence-corrected chi connectivity index (χ2v) is 6.27. The molecule has 1 aromatic carbocycles. The van der Waals surface area contributed by atoms with Crippen molar-refractivity contribution in [3.05, 3.63) is 61.0 Å². The monoisotopic (exact) mass is 375 g/mol. The number of aryl methyl sites for hydroxylation is 1. The molecule has 0 aliphatic carbocycles. The number of fused-ring (bicyclic) bond motifs is 1. The van der Waals surface area contributed by atoms with Gasteiger partial charge in [0.1, 0.15) is 11.6 Å². The van der Waals surface area contributed by atoms with Crippen molar-refractivity contribution in [2.24, 2.45) is 0 Å². The van der Waals surface area contributed by atoms with Gasteiger partial charge in [0.25, 0.3) is 11.2 Å².